The van der Waals surface area contributed by atoms with Crippen LogP contribution in [0.5, 0.6) is 0 Å². The summed E-state index contributed by atoms with van der Waals surface area (Å²) >= 11 is 1.79. The fraction of sp³-hybridized carbons (Fsp3) is 0.533. The van der Waals surface area contributed by atoms with Crippen molar-refractivity contribution in [3.63, 3.8) is 0 Å². The number of aliphatic hydroxyl groups is 1. The number of nitrogens with zero attached hydrogens (tertiary/aromatic N) is 1. The first kappa shape index (κ1) is 13.5. The van der Waals surface area contributed by atoms with Crippen LogP contribution >= 0.6 is 11.8 Å². The number of benzene rings is 1. The molecule has 0 amide bonds. The minimum absolute atomic E-state index is 0.512. The molecule has 1 aromatic carbocycles. The van der Waals surface area contributed by atoms with Crippen LogP contribution in [-0.4, -0.2) is 23.2 Å². The van der Waals surface area contributed by atoms with Crippen molar-refractivity contribution in [3.8, 4) is 6.07 Å². The zero-order valence-electron chi connectivity index (χ0n) is 10.7. The van der Waals surface area contributed by atoms with E-state index in [-0.39, 0.29) is 0 Å². The van der Waals surface area contributed by atoms with Crippen molar-refractivity contribution in [1.82, 2.24) is 0 Å². The van der Waals surface area contributed by atoms with E-state index < -0.39 is 11.5 Å². The van der Waals surface area contributed by atoms with Gasteiger partial charge in [0.2, 0.25) is 0 Å². The molecule has 1 atom stereocenters. The predicted molar refractivity (Wildman–Crippen MR) is 75.5 cm³/mol. The summed E-state index contributed by atoms with van der Waals surface area (Å²) in [5.41, 5.74) is 1.85. The molecule has 1 N–H and O–H groups in total. The lowest BCUT2D eigenvalue weighted by Crippen LogP contribution is -2.34. The maximum Gasteiger partial charge on any atom is 0.0912 e. The maximum atomic E-state index is 10.4. The highest BCUT2D eigenvalue weighted by atomic mass is 32.2. The number of hydrogen-bond acceptors (Lipinski definition) is 3. The lowest BCUT2D eigenvalue weighted by Gasteiger charge is -2.26. The van der Waals surface area contributed by atoms with Gasteiger partial charge in [-0.1, -0.05) is 24.3 Å². The number of nitriles is 1. The van der Waals surface area contributed by atoms with E-state index >= 15 is 0 Å². The second-order valence-electron chi connectivity index (χ2n) is 5.04. The van der Waals surface area contributed by atoms with Crippen LogP contribution in [0.15, 0.2) is 24.3 Å². The lowest BCUT2D eigenvalue weighted by atomic mass is 9.79. The molecule has 0 radical (unpaired) electrons. The summed E-state index contributed by atoms with van der Waals surface area (Å²) in [6.45, 7) is 0. The van der Waals surface area contributed by atoms with Crippen molar-refractivity contribution < 1.29 is 5.11 Å². The Labute approximate surface area is 113 Å². The van der Waals surface area contributed by atoms with E-state index in [4.69, 9.17) is 0 Å². The topological polar surface area (TPSA) is 44.0 Å². The second kappa shape index (κ2) is 5.77. The molecule has 1 aromatic rings. The van der Waals surface area contributed by atoms with Crippen molar-refractivity contribution in [2.75, 3.05) is 12.0 Å². The Bertz CT molecular complexity index is 427. The van der Waals surface area contributed by atoms with Gasteiger partial charge >= 0.3 is 0 Å². The highest BCUT2D eigenvalue weighted by Gasteiger charge is 2.43. The van der Waals surface area contributed by atoms with Crippen LogP contribution < -0.4 is 0 Å². The van der Waals surface area contributed by atoms with Crippen LogP contribution in [0.1, 0.15) is 24.0 Å². The Hall–Kier alpha value is -0.980. The number of aliphatic hydroxyl groups excluding tert-OH is 1. The smallest absolute Gasteiger partial charge is 0.0912 e. The van der Waals surface area contributed by atoms with Gasteiger partial charge < -0.3 is 5.11 Å². The van der Waals surface area contributed by atoms with E-state index in [2.05, 4.69) is 24.5 Å². The summed E-state index contributed by atoms with van der Waals surface area (Å²) < 4.78 is 0. The van der Waals surface area contributed by atoms with Crippen molar-refractivity contribution in [2.45, 2.75) is 31.8 Å². The summed E-state index contributed by atoms with van der Waals surface area (Å²) in [5.74, 6) is 1.05. The third-order valence-electron chi connectivity index (χ3n) is 3.82. The Kier molecular flexibility index (Phi) is 4.31. The normalized spacial score (nSPS) is 18.1. The molecule has 0 heterocycles. The third-order valence-corrected chi connectivity index (χ3v) is 4.51. The van der Waals surface area contributed by atoms with E-state index in [1.807, 2.05) is 12.1 Å². The molecule has 2 nitrogen and oxygen atoms in total. The molecular formula is C15H19NOS. The third kappa shape index (κ3) is 2.55. The molecule has 0 spiro atoms. The number of rotatable bonds is 5. The Morgan fingerprint density at radius 2 is 2.00 bits per heavy atom. The van der Waals surface area contributed by atoms with Crippen molar-refractivity contribution >= 4 is 11.8 Å². The van der Waals surface area contributed by atoms with Gasteiger partial charge in [0, 0.05) is 0 Å². The average molecular weight is 261 g/mol. The Balaban J connectivity index is 2.08. The molecule has 1 aliphatic rings. The molecule has 3 heteroatoms. The molecule has 0 bridgehead atoms. The number of hydrogen-bond donors (Lipinski definition) is 1. The highest BCUT2D eigenvalue weighted by molar-refractivity contribution is 7.98. The molecule has 2 rings (SSSR count). The Morgan fingerprint density at radius 1 is 1.39 bits per heavy atom. The van der Waals surface area contributed by atoms with Crippen LogP contribution in [0.25, 0.3) is 0 Å². The molecule has 96 valence electrons. The molecule has 0 aliphatic heterocycles. The van der Waals surface area contributed by atoms with E-state index in [0.717, 1.165) is 18.6 Å². The van der Waals surface area contributed by atoms with E-state index in [9.17, 15) is 10.4 Å². The van der Waals surface area contributed by atoms with Crippen LogP contribution in [0.2, 0.25) is 0 Å². The first-order valence-corrected chi connectivity index (χ1v) is 7.76. The summed E-state index contributed by atoms with van der Waals surface area (Å²) in [6.07, 6.45) is 4.64. The van der Waals surface area contributed by atoms with Gasteiger partial charge in [0.25, 0.3) is 0 Å². The quantitative estimate of drug-likeness (QED) is 0.829. The van der Waals surface area contributed by atoms with Gasteiger partial charge in [0.05, 0.1) is 17.6 Å². The van der Waals surface area contributed by atoms with Crippen molar-refractivity contribution in [2.24, 2.45) is 5.41 Å². The number of fused-ring (bicyclic) bond motifs is 1. The average Bonchev–Trinajstić information content (AvgIpc) is 2.78. The van der Waals surface area contributed by atoms with Crippen LogP contribution in [0, 0.1) is 16.7 Å². The van der Waals surface area contributed by atoms with Crippen LogP contribution in [0.3, 0.4) is 0 Å². The lowest BCUT2D eigenvalue weighted by molar-refractivity contribution is 0.0617. The summed E-state index contributed by atoms with van der Waals surface area (Å²) in [5, 5.41) is 19.9. The largest absolute Gasteiger partial charge is 0.391 e. The van der Waals surface area contributed by atoms with Crippen molar-refractivity contribution in [3.05, 3.63) is 35.4 Å². The zero-order valence-corrected chi connectivity index (χ0v) is 11.5. The first-order chi connectivity index (χ1) is 8.72. The second-order valence-corrected chi connectivity index (χ2v) is 6.03. The van der Waals surface area contributed by atoms with Crippen LogP contribution in [-0.2, 0) is 12.8 Å². The van der Waals surface area contributed by atoms with Gasteiger partial charge in [0.1, 0.15) is 0 Å². The minimum Gasteiger partial charge on any atom is -0.391 e. The van der Waals surface area contributed by atoms with Gasteiger partial charge in [0.15, 0.2) is 0 Å². The van der Waals surface area contributed by atoms with Gasteiger partial charge in [-0.3, -0.25) is 0 Å². The molecule has 0 aromatic heterocycles. The summed E-state index contributed by atoms with van der Waals surface area (Å²) in [4.78, 5) is 0. The molecule has 0 fully saturated rings. The first-order valence-electron chi connectivity index (χ1n) is 6.37. The van der Waals surface area contributed by atoms with Crippen molar-refractivity contribution in [1.29, 1.82) is 5.26 Å². The van der Waals surface area contributed by atoms with E-state index in [1.54, 1.807) is 11.8 Å². The fourth-order valence-corrected chi connectivity index (χ4v) is 3.19. The number of thioether (sulfide) groups is 1. The van der Waals surface area contributed by atoms with Crippen LogP contribution in [0.4, 0.5) is 0 Å². The van der Waals surface area contributed by atoms with Gasteiger partial charge in [-0.2, -0.15) is 17.0 Å². The molecule has 0 saturated heterocycles. The van der Waals surface area contributed by atoms with Gasteiger partial charge in [-0.15, -0.1) is 0 Å². The minimum atomic E-state index is -0.595. The molecule has 0 saturated carbocycles. The van der Waals surface area contributed by atoms with E-state index in [1.165, 1.54) is 11.1 Å². The predicted octanol–water partition coefficient (Wildman–Crippen LogP) is 2.80. The fourth-order valence-electron chi connectivity index (χ4n) is 2.73. The zero-order chi connectivity index (χ0) is 13.0. The summed E-state index contributed by atoms with van der Waals surface area (Å²) in [7, 11) is 0. The standard InChI is InChI=1S/C15H19NOS/c1-18-8-4-7-14(17)15(11-16)9-12-5-2-3-6-13(12)10-15/h2-3,5-6,14,17H,4,7-10H2,1H3. The maximum absolute atomic E-state index is 10.4. The molecular weight excluding hydrogens is 242 g/mol. The molecule has 1 unspecified atom stereocenters. The molecule has 18 heavy (non-hydrogen) atoms. The van der Waals surface area contributed by atoms with Gasteiger partial charge in [-0.25, -0.2) is 0 Å². The summed E-state index contributed by atoms with van der Waals surface area (Å²) in [6, 6.07) is 10.6. The Morgan fingerprint density at radius 3 is 2.50 bits per heavy atom. The van der Waals surface area contributed by atoms with E-state index in [0.29, 0.717) is 12.8 Å². The monoisotopic (exact) mass is 261 g/mol. The van der Waals surface area contributed by atoms with Gasteiger partial charge in [-0.05, 0) is 48.8 Å². The molecule has 1 aliphatic carbocycles. The highest BCUT2D eigenvalue weighted by Crippen LogP contribution is 2.40. The SMILES string of the molecule is CSCCCC(O)C1(C#N)Cc2ccccc2C1.